The van der Waals surface area contributed by atoms with Gasteiger partial charge in [-0.05, 0) is 50.5 Å². The average molecular weight is 267 g/mol. The van der Waals surface area contributed by atoms with Gasteiger partial charge in [0.05, 0.1) is 12.2 Å². The quantitative estimate of drug-likeness (QED) is 0.700. The van der Waals surface area contributed by atoms with E-state index in [1.165, 1.54) is 57.8 Å². The molecule has 2 saturated carbocycles. The van der Waals surface area contributed by atoms with Gasteiger partial charge in [0.25, 0.3) is 0 Å². The van der Waals surface area contributed by atoms with Crippen LogP contribution in [0.3, 0.4) is 0 Å². The summed E-state index contributed by atoms with van der Waals surface area (Å²) in [6, 6.07) is 0. The number of nitrogens with one attached hydrogen (secondary N) is 1. The summed E-state index contributed by atoms with van der Waals surface area (Å²) in [7, 11) is 0. The first-order valence-electron chi connectivity index (χ1n) is 8.59. The van der Waals surface area contributed by atoms with Crippen LogP contribution in [0.25, 0.3) is 0 Å². The Labute approximate surface area is 119 Å². The van der Waals surface area contributed by atoms with Gasteiger partial charge in [-0.25, -0.2) is 0 Å². The summed E-state index contributed by atoms with van der Waals surface area (Å²) in [6.45, 7) is 7.84. The van der Waals surface area contributed by atoms with Crippen molar-refractivity contribution in [1.29, 1.82) is 0 Å². The molecule has 0 amide bonds. The molecule has 1 N–H and O–H groups in total. The lowest BCUT2D eigenvalue weighted by Gasteiger charge is -2.41. The van der Waals surface area contributed by atoms with Crippen LogP contribution < -0.4 is 5.32 Å². The van der Waals surface area contributed by atoms with Gasteiger partial charge in [-0.3, -0.25) is 0 Å². The van der Waals surface area contributed by atoms with Crippen LogP contribution in [0, 0.1) is 11.8 Å². The zero-order chi connectivity index (χ0) is 13.6. The number of rotatable bonds is 7. The van der Waals surface area contributed by atoms with Crippen molar-refractivity contribution in [2.24, 2.45) is 11.8 Å². The molecule has 0 aromatic heterocycles. The highest BCUT2D eigenvalue weighted by molar-refractivity contribution is 4.89. The normalized spacial score (nSPS) is 32.8. The van der Waals surface area contributed by atoms with E-state index in [1.807, 2.05) is 0 Å². The molecule has 2 fully saturated rings. The van der Waals surface area contributed by atoms with Gasteiger partial charge in [0.1, 0.15) is 0 Å². The smallest absolute Gasteiger partial charge is 0.0808 e. The summed E-state index contributed by atoms with van der Waals surface area (Å²) in [5.41, 5.74) is 0.148. The Morgan fingerprint density at radius 2 is 1.95 bits per heavy atom. The highest BCUT2D eigenvalue weighted by Gasteiger charge is 2.36. The maximum Gasteiger partial charge on any atom is 0.0808 e. The van der Waals surface area contributed by atoms with Crippen molar-refractivity contribution in [3.63, 3.8) is 0 Å². The van der Waals surface area contributed by atoms with E-state index < -0.39 is 0 Å². The molecule has 2 atom stereocenters. The van der Waals surface area contributed by atoms with Gasteiger partial charge in [0.15, 0.2) is 0 Å². The zero-order valence-electron chi connectivity index (χ0n) is 13.0. The molecular weight excluding hydrogens is 234 g/mol. The van der Waals surface area contributed by atoms with Gasteiger partial charge in [-0.2, -0.15) is 0 Å². The summed E-state index contributed by atoms with van der Waals surface area (Å²) < 4.78 is 6.51. The van der Waals surface area contributed by atoms with Crippen LogP contribution in [0.5, 0.6) is 0 Å². The second-order valence-electron chi connectivity index (χ2n) is 7.02. The minimum absolute atomic E-state index is 0.148. The van der Waals surface area contributed by atoms with E-state index in [0.29, 0.717) is 0 Å². The van der Waals surface area contributed by atoms with Gasteiger partial charge >= 0.3 is 0 Å². The Morgan fingerprint density at radius 1 is 1.16 bits per heavy atom. The molecule has 0 aromatic carbocycles. The van der Waals surface area contributed by atoms with Crippen molar-refractivity contribution in [1.82, 2.24) is 5.32 Å². The molecule has 2 rings (SSSR count). The van der Waals surface area contributed by atoms with Crippen molar-refractivity contribution in [2.75, 3.05) is 19.7 Å². The first kappa shape index (κ1) is 15.3. The maximum atomic E-state index is 6.51. The lowest BCUT2D eigenvalue weighted by Crippen LogP contribution is -2.47. The van der Waals surface area contributed by atoms with Crippen LogP contribution in [-0.2, 0) is 4.74 Å². The largest absolute Gasteiger partial charge is 0.373 e. The zero-order valence-corrected chi connectivity index (χ0v) is 13.0. The van der Waals surface area contributed by atoms with E-state index in [-0.39, 0.29) is 5.60 Å². The fraction of sp³-hybridized carbons (Fsp3) is 1.00. The maximum absolute atomic E-state index is 6.51. The van der Waals surface area contributed by atoms with E-state index in [0.717, 1.165) is 31.5 Å². The van der Waals surface area contributed by atoms with E-state index in [4.69, 9.17) is 4.74 Å². The van der Waals surface area contributed by atoms with Gasteiger partial charge in [-0.15, -0.1) is 0 Å². The molecule has 2 aliphatic rings. The third-order valence-electron chi connectivity index (χ3n) is 5.02. The Bertz CT molecular complexity index is 250. The molecule has 0 bridgehead atoms. The molecule has 2 aliphatic carbocycles. The van der Waals surface area contributed by atoms with Crippen molar-refractivity contribution in [3.8, 4) is 0 Å². The lowest BCUT2D eigenvalue weighted by molar-refractivity contribution is -0.0907. The minimum atomic E-state index is 0.148. The summed E-state index contributed by atoms with van der Waals surface area (Å²) in [6.07, 6.45) is 12.1. The van der Waals surface area contributed by atoms with E-state index in [1.54, 1.807) is 0 Å². The molecule has 0 heterocycles. The molecule has 0 radical (unpaired) electrons. The fourth-order valence-electron chi connectivity index (χ4n) is 3.92. The second-order valence-corrected chi connectivity index (χ2v) is 7.02. The molecule has 0 spiro atoms. The van der Waals surface area contributed by atoms with Crippen LogP contribution in [0.15, 0.2) is 0 Å². The molecule has 112 valence electrons. The molecule has 0 aliphatic heterocycles. The van der Waals surface area contributed by atoms with Crippen LogP contribution in [0.1, 0.15) is 71.6 Å². The van der Waals surface area contributed by atoms with Crippen LogP contribution in [0.2, 0.25) is 0 Å². The summed E-state index contributed by atoms with van der Waals surface area (Å²) in [4.78, 5) is 0. The molecule has 2 nitrogen and oxygen atoms in total. The summed E-state index contributed by atoms with van der Waals surface area (Å²) in [5, 5.41) is 3.62. The van der Waals surface area contributed by atoms with Crippen molar-refractivity contribution < 1.29 is 4.74 Å². The lowest BCUT2D eigenvalue weighted by atomic mass is 9.78. The van der Waals surface area contributed by atoms with Gasteiger partial charge < -0.3 is 10.1 Å². The van der Waals surface area contributed by atoms with E-state index in [2.05, 4.69) is 19.2 Å². The third kappa shape index (κ3) is 4.75. The summed E-state index contributed by atoms with van der Waals surface area (Å²) >= 11 is 0. The van der Waals surface area contributed by atoms with Crippen LogP contribution in [0.4, 0.5) is 0 Å². The van der Waals surface area contributed by atoms with Crippen molar-refractivity contribution in [2.45, 2.75) is 77.2 Å². The summed E-state index contributed by atoms with van der Waals surface area (Å²) in [5.74, 6) is 1.68. The molecule has 19 heavy (non-hydrogen) atoms. The molecule has 2 heteroatoms. The van der Waals surface area contributed by atoms with Crippen LogP contribution >= 0.6 is 0 Å². The molecule has 0 saturated heterocycles. The number of ether oxygens (including phenoxy) is 1. The standard InChI is InChI=1S/C17H33NO/c1-3-11-18-14-17(10-6-7-15(2)12-17)19-13-16-8-4-5-9-16/h15-16,18H,3-14H2,1-2H3. The monoisotopic (exact) mass is 267 g/mol. The molecule has 2 unspecified atom stereocenters. The first-order chi connectivity index (χ1) is 9.24. The van der Waals surface area contributed by atoms with Gasteiger partial charge in [0.2, 0.25) is 0 Å². The first-order valence-corrected chi connectivity index (χ1v) is 8.59. The second kappa shape index (κ2) is 7.64. The Hall–Kier alpha value is -0.0800. The third-order valence-corrected chi connectivity index (χ3v) is 5.02. The van der Waals surface area contributed by atoms with E-state index >= 15 is 0 Å². The van der Waals surface area contributed by atoms with Crippen LogP contribution in [-0.4, -0.2) is 25.3 Å². The Balaban J connectivity index is 1.84. The SMILES string of the molecule is CCCNCC1(OCC2CCCC2)CCCC(C)C1. The average Bonchev–Trinajstić information content (AvgIpc) is 2.90. The van der Waals surface area contributed by atoms with Crippen molar-refractivity contribution in [3.05, 3.63) is 0 Å². The Morgan fingerprint density at radius 3 is 2.63 bits per heavy atom. The highest BCUT2D eigenvalue weighted by atomic mass is 16.5. The predicted octanol–water partition coefficient (Wildman–Crippen LogP) is 4.14. The molecular formula is C17H33NO. The predicted molar refractivity (Wildman–Crippen MR) is 81.4 cm³/mol. The molecule has 0 aromatic rings. The topological polar surface area (TPSA) is 21.3 Å². The van der Waals surface area contributed by atoms with Gasteiger partial charge in [-0.1, -0.05) is 39.5 Å². The van der Waals surface area contributed by atoms with Crippen molar-refractivity contribution >= 4 is 0 Å². The van der Waals surface area contributed by atoms with Gasteiger partial charge in [0, 0.05) is 6.54 Å². The fourth-order valence-corrected chi connectivity index (χ4v) is 3.92. The number of hydrogen-bond donors (Lipinski definition) is 1. The highest BCUT2D eigenvalue weighted by Crippen LogP contribution is 2.36. The Kier molecular flexibility index (Phi) is 6.15. The van der Waals surface area contributed by atoms with E-state index in [9.17, 15) is 0 Å². The minimum Gasteiger partial charge on any atom is -0.373 e. The number of hydrogen-bond acceptors (Lipinski definition) is 2.